The molecule has 0 fully saturated rings. The molecule has 0 aliphatic rings. The summed E-state index contributed by atoms with van der Waals surface area (Å²) in [7, 11) is 1.32. The molecular weight excluding hydrogens is 266 g/mol. The Morgan fingerprint density at radius 3 is 2.38 bits per heavy atom. The maximum Gasteiger partial charge on any atom is 0.328 e. The van der Waals surface area contributed by atoms with Crippen molar-refractivity contribution < 1.29 is 14.3 Å². The first kappa shape index (κ1) is 15.0. The molecule has 1 N–H and O–H groups in total. The zero-order valence-electron chi connectivity index (χ0n) is 12.4. The zero-order valence-corrected chi connectivity index (χ0v) is 12.4. The molecule has 2 aromatic carbocycles. The minimum absolute atomic E-state index is 0.0450. The topological polar surface area (TPSA) is 55.4 Å². The van der Waals surface area contributed by atoms with Gasteiger partial charge in [-0.2, -0.15) is 0 Å². The smallest absolute Gasteiger partial charge is 0.328 e. The molecule has 110 valence electrons. The van der Waals surface area contributed by atoms with Crippen LogP contribution in [0, 0.1) is 5.92 Å². The van der Waals surface area contributed by atoms with Gasteiger partial charge in [-0.1, -0.05) is 50.2 Å². The number of carbonyl (C=O) groups excluding carboxylic acids is 2. The number of esters is 1. The van der Waals surface area contributed by atoms with Gasteiger partial charge >= 0.3 is 5.97 Å². The van der Waals surface area contributed by atoms with Crippen molar-refractivity contribution in [3.05, 3.63) is 48.0 Å². The van der Waals surface area contributed by atoms with Gasteiger partial charge in [0.2, 0.25) is 0 Å². The standard InChI is InChI=1S/C17H19NO3/c1-11(2)15(17(20)21-3)18-16(19)14-10-6-8-12-7-4-5-9-13(12)14/h4-11,15H,1-3H3,(H,18,19). The number of rotatable bonds is 4. The molecule has 0 bridgehead atoms. The fourth-order valence-electron chi connectivity index (χ4n) is 2.27. The van der Waals surface area contributed by atoms with E-state index in [-0.39, 0.29) is 11.8 Å². The van der Waals surface area contributed by atoms with Gasteiger partial charge in [0.15, 0.2) is 0 Å². The summed E-state index contributed by atoms with van der Waals surface area (Å²) in [6.45, 7) is 3.73. The number of nitrogens with one attached hydrogen (secondary N) is 1. The van der Waals surface area contributed by atoms with Crippen molar-refractivity contribution in [2.45, 2.75) is 19.9 Å². The molecule has 0 aromatic heterocycles. The molecule has 1 atom stereocenters. The van der Waals surface area contributed by atoms with Gasteiger partial charge in [0.25, 0.3) is 5.91 Å². The number of methoxy groups -OCH3 is 1. The summed E-state index contributed by atoms with van der Waals surface area (Å²) in [4.78, 5) is 24.2. The lowest BCUT2D eigenvalue weighted by Gasteiger charge is -2.20. The van der Waals surface area contributed by atoms with Crippen molar-refractivity contribution in [1.82, 2.24) is 5.32 Å². The van der Waals surface area contributed by atoms with E-state index < -0.39 is 12.0 Å². The van der Waals surface area contributed by atoms with Gasteiger partial charge in [-0.15, -0.1) is 0 Å². The third kappa shape index (κ3) is 3.21. The molecule has 2 aromatic rings. The average Bonchev–Trinajstić information content (AvgIpc) is 2.50. The SMILES string of the molecule is COC(=O)C(NC(=O)c1cccc2ccccc12)C(C)C. The highest BCUT2D eigenvalue weighted by molar-refractivity contribution is 6.07. The highest BCUT2D eigenvalue weighted by Crippen LogP contribution is 2.19. The Morgan fingerprint density at radius 2 is 1.71 bits per heavy atom. The first-order valence-electron chi connectivity index (χ1n) is 6.91. The second kappa shape index (κ2) is 6.39. The normalized spacial score (nSPS) is 12.2. The third-order valence-corrected chi connectivity index (χ3v) is 3.44. The lowest BCUT2D eigenvalue weighted by atomic mass is 10.0. The van der Waals surface area contributed by atoms with Crippen LogP contribution in [-0.2, 0) is 9.53 Å². The number of fused-ring (bicyclic) bond motifs is 1. The minimum atomic E-state index is -0.651. The van der Waals surface area contributed by atoms with E-state index >= 15 is 0 Å². The van der Waals surface area contributed by atoms with E-state index in [4.69, 9.17) is 4.74 Å². The van der Waals surface area contributed by atoms with E-state index in [0.717, 1.165) is 10.8 Å². The summed E-state index contributed by atoms with van der Waals surface area (Å²) in [5.74, 6) is -0.745. The van der Waals surface area contributed by atoms with Crippen molar-refractivity contribution >= 4 is 22.6 Å². The zero-order chi connectivity index (χ0) is 15.4. The van der Waals surface area contributed by atoms with Gasteiger partial charge in [-0.25, -0.2) is 4.79 Å². The van der Waals surface area contributed by atoms with Crippen LogP contribution in [0.1, 0.15) is 24.2 Å². The van der Waals surface area contributed by atoms with Crippen LogP contribution in [0.25, 0.3) is 10.8 Å². The van der Waals surface area contributed by atoms with Crippen molar-refractivity contribution in [3.8, 4) is 0 Å². The lowest BCUT2D eigenvalue weighted by molar-refractivity contribution is -0.144. The molecule has 1 amide bonds. The van der Waals surface area contributed by atoms with Crippen LogP contribution in [-0.4, -0.2) is 25.0 Å². The molecule has 4 nitrogen and oxygen atoms in total. The predicted molar refractivity (Wildman–Crippen MR) is 82.1 cm³/mol. The van der Waals surface area contributed by atoms with Crippen LogP contribution in [0.2, 0.25) is 0 Å². The predicted octanol–water partition coefficient (Wildman–Crippen LogP) is 2.77. The molecule has 0 aliphatic heterocycles. The number of hydrogen-bond donors (Lipinski definition) is 1. The average molecular weight is 285 g/mol. The van der Waals surface area contributed by atoms with Gasteiger partial charge in [-0.3, -0.25) is 4.79 Å². The fourth-order valence-corrected chi connectivity index (χ4v) is 2.27. The van der Waals surface area contributed by atoms with Crippen molar-refractivity contribution in [2.75, 3.05) is 7.11 Å². The first-order chi connectivity index (χ1) is 10.0. The van der Waals surface area contributed by atoms with Crippen LogP contribution in [0.15, 0.2) is 42.5 Å². The monoisotopic (exact) mass is 285 g/mol. The number of hydrogen-bond acceptors (Lipinski definition) is 3. The molecule has 0 saturated carbocycles. The van der Waals surface area contributed by atoms with Crippen molar-refractivity contribution in [2.24, 2.45) is 5.92 Å². The van der Waals surface area contributed by atoms with E-state index in [0.29, 0.717) is 5.56 Å². The van der Waals surface area contributed by atoms with Gasteiger partial charge < -0.3 is 10.1 Å². The van der Waals surface area contributed by atoms with E-state index in [1.807, 2.05) is 50.2 Å². The Bertz CT molecular complexity index is 659. The molecular formula is C17H19NO3. The highest BCUT2D eigenvalue weighted by Gasteiger charge is 2.25. The number of ether oxygens (including phenoxy) is 1. The number of amides is 1. The van der Waals surface area contributed by atoms with Gasteiger partial charge in [0.05, 0.1) is 7.11 Å². The van der Waals surface area contributed by atoms with E-state index in [1.54, 1.807) is 6.07 Å². The van der Waals surface area contributed by atoms with Gasteiger partial charge in [0.1, 0.15) is 6.04 Å². The molecule has 0 heterocycles. The number of benzene rings is 2. The fraction of sp³-hybridized carbons (Fsp3) is 0.294. The molecule has 0 aliphatic carbocycles. The summed E-state index contributed by atoms with van der Waals surface area (Å²) in [6.07, 6.45) is 0. The summed E-state index contributed by atoms with van der Waals surface area (Å²) < 4.78 is 4.74. The summed E-state index contributed by atoms with van der Waals surface area (Å²) in [6, 6.07) is 12.5. The van der Waals surface area contributed by atoms with E-state index in [9.17, 15) is 9.59 Å². The van der Waals surface area contributed by atoms with Crippen LogP contribution in [0.5, 0.6) is 0 Å². The summed E-state index contributed by atoms with van der Waals surface area (Å²) in [5.41, 5.74) is 0.558. The van der Waals surface area contributed by atoms with Crippen LogP contribution < -0.4 is 5.32 Å². The van der Waals surface area contributed by atoms with Crippen molar-refractivity contribution in [1.29, 1.82) is 0 Å². The first-order valence-corrected chi connectivity index (χ1v) is 6.91. The Balaban J connectivity index is 2.32. The second-order valence-corrected chi connectivity index (χ2v) is 5.25. The molecule has 21 heavy (non-hydrogen) atoms. The van der Waals surface area contributed by atoms with Crippen LogP contribution in [0.4, 0.5) is 0 Å². The van der Waals surface area contributed by atoms with Crippen molar-refractivity contribution in [3.63, 3.8) is 0 Å². The van der Waals surface area contributed by atoms with Gasteiger partial charge in [0, 0.05) is 5.56 Å². The highest BCUT2D eigenvalue weighted by atomic mass is 16.5. The van der Waals surface area contributed by atoms with Crippen LogP contribution in [0.3, 0.4) is 0 Å². The van der Waals surface area contributed by atoms with Crippen LogP contribution >= 0.6 is 0 Å². The lowest BCUT2D eigenvalue weighted by Crippen LogP contribution is -2.45. The van der Waals surface area contributed by atoms with E-state index in [2.05, 4.69) is 5.32 Å². The van der Waals surface area contributed by atoms with Gasteiger partial charge in [-0.05, 0) is 22.8 Å². The quantitative estimate of drug-likeness (QED) is 0.879. The molecule has 2 rings (SSSR count). The minimum Gasteiger partial charge on any atom is -0.467 e. The Morgan fingerprint density at radius 1 is 1.05 bits per heavy atom. The maximum atomic E-state index is 12.5. The Kier molecular flexibility index (Phi) is 4.58. The van der Waals surface area contributed by atoms with E-state index in [1.165, 1.54) is 7.11 Å². The number of carbonyl (C=O) groups is 2. The second-order valence-electron chi connectivity index (χ2n) is 5.25. The molecule has 0 radical (unpaired) electrons. The molecule has 0 spiro atoms. The summed E-state index contributed by atoms with van der Waals surface area (Å²) >= 11 is 0. The molecule has 4 heteroatoms. The Labute approximate surface area is 124 Å². The Hall–Kier alpha value is -2.36. The summed E-state index contributed by atoms with van der Waals surface area (Å²) in [5, 5.41) is 4.62. The molecule has 0 saturated heterocycles. The maximum absolute atomic E-state index is 12.5. The molecule has 1 unspecified atom stereocenters. The largest absolute Gasteiger partial charge is 0.467 e. The third-order valence-electron chi connectivity index (χ3n) is 3.44.